The molecule has 1 fully saturated rings. The Morgan fingerprint density at radius 1 is 1.21 bits per heavy atom. The minimum absolute atomic E-state index is 0.0447. The smallest absolute Gasteiger partial charge is 0.142 e. The predicted molar refractivity (Wildman–Crippen MR) is 110 cm³/mol. The molecule has 3 rings (SSSR count). The van der Waals surface area contributed by atoms with Gasteiger partial charge in [-0.05, 0) is 55.2 Å². The summed E-state index contributed by atoms with van der Waals surface area (Å²) in [4.78, 5) is 6.09. The van der Waals surface area contributed by atoms with Crippen molar-refractivity contribution < 1.29 is 19.4 Å². The van der Waals surface area contributed by atoms with E-state index >= 15 is 0 Å². The van der Waals surface area contributed by atoms with Gasteiger partial charge in [0.15, 0.2) is 0 Å². The van der Waals surface area contributed by atoms with Gasteiger partial charge in [-0.3, -0.25) is 0 Å². The SMILES string of the molecule is CNC(=S)C1(c2cc(O)ccc2O)CCCCC1=NOCc1ccc(F)cc1. The maximum Gasteiger partial charge on any atom is 0.142 e. The second-order valence-electron chi connectivity index (χ2n) is 6.83. The summed E-state index contributed by atoms with van der Waals surface area (Å²) in [7, 11) is 1.73. The molecule has 1 aliphatic rings. The molecule has 1 atom stereocenters. The maximum absolute atomic E-state index is 13.1. The van der Waals surface area contributed by atoms with Crippen molar-refractivity contribution in [2.75, 3.05) is 7.05 Å². The second kappa shape index (κ2) is 8.56. The van der Waals surface area contributed by atoms with Crippen molar-refractivity contribution in [3.8, 4) is 11.5 Å². The Bertz CT molecular complexity index is 886. The molecule has 3 N–H and O–H groups in total. The fourth-order valence-corrected chi connectivity index (χ4v) is 4.00. The first-order chi connectivity index (χ1) is 13.5. The number of hydrogen-bond donors (Lipinski definition) is 3. The van der Waals surface area contributed by atoms with Crippen LogP contribution in [-0.4, -0.2) is 28.0 Å². The Balaban J connectivity index is 1.97. The van der Waals surface area contributed by atoms with E-state index in [1.807, 2.05) is 0 Å². The molecule has 0 bridgehead atoms. The minimum Gasteiger partial charge on any atom is -0.508 e. The van der Waals surface area contributed by atoms with E-state index in [4.69, 9.17) is 17.1 Å². The summed E-state index contributed by atoms with van der Waals surface area (Å²) in [6, 6.07) is 10.4. The van der Waals surface area contributed by atoms with E-state index in [1.165, 1.54) is 30.3 Å². The van der Waals surface area contributed by atoms with Gasteiger partial charge < -0.3 is 20.4 Å². The number of benzene rings is 2. The molecular weight excluding hydrogens is 379 g/mol. The summed E-state index contributed by atoms with van der Waals surface area (Å²) in [5.74, 6) is -0.216. The number of nitrogens with one attached hydrogen (secondary N) is 1. The van der Waals surface area contributed by atoms with Crippen LogP contribution in [0.5, 0.6) is 11.5 Å². The van der Waals surface area contributed by atoms with Crippen LogP contribution in [0.15, 0.2) is 47.6 Å². The Hall–Kier alpha value is -2.67. The zero-order valence-electron chi connectivity index (χ0n) is 15.6. The Labute approximate surface area is 168 Å². The van der Waals surface area contributed by atoms with Crippen molar-refractivity contribution in [3.05, 3.63) is 59.4 Å². The van der Waals surface area contributed by atoms with Gasteiger partial charge in [-0.25, -0.2) is 4.39 Å². The van der Waals surface area contributed by atoms with Crippen LogP contribution in [0.3, 0.4) is 0 Å². The molecule has 7 heteroatoms. The van der Waals surface area contributed by atoms with Gasteiger partial charge in [0.2, 0.25) is 0 Å². The van der Waals surface area contributed by atoms with Gasteiger partial charge in [0, 0.05) is 12.6 Å². The lowest BCUT2D eigenvalue weighted by Crippen LogP contribution is -2.50. The molecule has 1 aliphatic carbocycles. The quantitative estimate of drug-likeness (QED) is 0.398. The van der Waals surface area contributed by atoms with Crippen LogP contribution in [0.2, 0.25) is 0 Å². The highest BCUT2D eigenvalue weighted by Crippen LogP contribution is 2.43. The number of rotatable bonds is 5. The molecule has 0 radical (unpaired) electrons. The number of thiocarbonyl (C=S) groups is 1. The first kappa shape index (κ1) is 20.1. The number of phenols is 2. The van der Waals surface area contributed by atoms with Gasteiger partial charge in [0.05, 0.1) is 16.1 Å². The maximum atomic E-state index is 13.1. The van der Waals surface area contributed by atoms with Gasteiger partial charge in [-0.2, -0.15) is 0 Å². The molecule has 0 heterocycles. The highest BCUT2D eigenvalue weighted by molar-refractivity contribution is 7.80. The number of likely N-dealkylation sites (N-methyl/N-ethyl adjacent to an activating group) is 1. The minimum atomic E-state index is -0.853. The summed E-state index contributed by atoms with van der Waals surface area (Å²) in [6.45, 7) is 0.193. The normalized spacial score (nSPS) is 20.7. The van der Waals surface area contributed by atoms with Crippen molar-refractivity contribution in [2.45, 2.75) is 37.7 Å². The van der Waals surface area contributed by atoms with Gasteiger partial charge in [-0.1, -0.05) is 35.9 Å². The molecule has 1 saturated carbocycles. The molecule has 0 saturated heterocycles. The van der Waals surface area contributed by atoms with Crippen molar-refractivity contribution in [1.82, 2.24) is 5.32 Å². The van der Waals surface area contributed by atoms with Gasteiger partial charge >= 0.3 is 0 Å². The number of hydrogen-bond acceptors (Lipinski definition) is 5. The number of phenolic OH excluding ortho intramolecular Hbond substituents is 2. The third-order valence-electron chi connectivity index (χ3n) is 5.08. The largest absolute Gasteiger partial charge is 0.508 e. The van der Waals surface area contributed by atoms with E-state index < -0.39 is 5.41 Å². The second-order valence-corrected chi connectivity index (χ2v) is 7.24. The molecule has 2 aromatic rings. The first-order valence-electron chi connectivity index (χ1n) is 9.16. The molecule has 2 aromatic carbocycles. The zero-order valence-corrected chi connectivity index (χ0v) is 16.4. The fourth-order valence-electron chi connectivity index (χ4n) is 3.67. The highest BCUT2D eigenvalue weighted by atomic mass is 32.1. The van der Waals surface area contributed by atoms with Crippen LogP contribution in [0.1, 0.15) is 36.8 Å². The average Bonchev–Trinajstić information content (AvgIpc) is 2.71. The van der Waals surface area contributed by atoms with Crippen molar-refractivity contribution in [3.63, 3.8) is 0 Å². The zero-order chi connectivity index (χ0) is 20.1. The number of halogens is 1. The topological polar surface area (TPSA) is 74.1 Å². The lowest BCUT2D eigenvalue weighted by Gasteiger charge is -2.39. The van der Waals surface area contributed by atoms with Gasteiger partial charge in [0.1, 0.15) is 23.9 Å². The summed E-state index contributed by atoms with van der Waals surface area (Å²) < 4.78 is 13.1. The molecule has 5 nitrogen and oxygen atoms in total. The van der Waals surface area contributed by atoms with Crippen LogP contribution in [0, 0.1) is 5.82 Å². The molecular formula is C21H23FN2O3S. The van der Waals surface area contributed by atoms with Gasteiger partial charge in [-0.15, -0.1) is 0 Å². The average molecular weight is 402 g/mol. The molecule has 0 aromatic heterocycles. The summed E-state index contributed by atoms with van der Waals surface area (Å²) in [5, 5.41) is 27.9. The van der Waals surface area contributed by atoms with Crippen LogP contribution < -0.4 is 5.32 Å². The van der Waals surface area contributed by atoms with Crippen LogP contribution in [-0.2, 0) is 16.9 Å². The van der Waals surface area contributed by atoms with E-state index in [0.29, 0.717) is 29.1 Å². The van der Waals surface area contributed by atoms with E-state index in [1.54, 1.807) is 19.2 Å². The summed E-state index contributed by atoms with van der Waals surface area (Å²) >= 11 is 5.63. The van der Waals surface area contributed by atoms with Crippen molar-refractivity contribution in [2.24, 2.45) is 5.16 Å². The molecule has 28 heavy (non-hydrogen) atoms. The van der Waals surface area contributed by atoms with E-state index in [0.717, 1.165) is 18.4 Å². The lowest BCUT2D eigenvalue weighted by molar-refractivity contribution is 0.127. The highest BCUT2D eigenvalue weighted by Gasteiger charge is 2.45. The third-order valence-corrected chi connectivity index (χ3v) is 5.63. The third kappa shape index (κ3) is 3.94. The predicted octanol–water partition coefficient (Wildman–Crippen LogP) is 4.17. The molecule has 0 spiro atoms. The summed E-state index contributed by atoms with van der Waals surface area (Å²) in [6.07, 6.45) is 3.11. The molecule has 148 valence electrons. The molecule has 0 amide bonds. The fraction of sp³-hybridized carbons (Fsp3) is 0.333. The Morgan fingerprint density at radius 2 is 1.96 bits per heavy atom. The molecule has 0 aliphatic heterocycles. The summed E-state index contributed by atoms with van der Waals surface area (Å²) in [5.41, 5.74) is 1.15. The van der Waals surface area contributed by atoms with E-state index in [-0.39, 0.29) is 23.9 Å². The lowest BCUT2D eigenvalue weighted by atomic mass is 9.67. The van der Waals surface area contributed by atoms with Gasteiger partial charge in [0.25, 0.3) is 0 Å². The van der Waals surface area contributed by atoms with Crippen molar-refractivity contribution in [1.29, 1.82) is 0 Å². The molecule has 1 unspecified atom stereocenters. The van der Waals surface area contributed by atoms with E-state index in [2.05, 4.69) is 10.5 Å². The number of nitrogens with zero attached hydrogens (tertiary/aromatic N) is 1. The van der Waals surface area contributed by atoms with Crippen molar-refractivity contribution >= 4 is 22.9 Å². The van der Waals surface area contributed by atoms with Crippen LogP contribution >= 0.6 is 12.2 Å². The van der Waals surface area contributed by atoms with Crippen LogP contribution in [0.4, 0.5) is 4.39 Å². The Kier molecular flexibility index (Phi) is 6.14. The monoisotopic (exact) mass is 402 g/mol. The Morgan fingerprint density at radius 3 is 2.68 bits per heavy atom. The van der Waals surface area contributed by atoms with Crippen LogP contribution in [0.25, 0.3) is 0 Å². The number of aromatic hydroxyl groups is 2. The standard InChI is InChI=1S/C21H23FN2O3S/c1-23-20(28)21(17-12-16(25)9-10-18(17)26)11-3-2-4-19(21)24-27-13-14-5-7-15(22)8-6-14/h5-10,12,25-26H,2-4,11,13H2,1H3,(H,23,28). The first-order valence-corrected chi connectivity index (χ1v) is 9.56. The number of oxime groups is 1. The van der Waals surface area contributed by atoms with E-state index in [9.17, 15) is 14.6 Å².